The smallest absolute Gasteiger partial charge is 0.292 e. The molecule has 0 saturated heterocycles. The molecule has 0 radical (unpaired) electrons. The SMILES string of the molecule is Cc1cc(-c2nc(Cl)ncc2F)ccc1CNC(=O)c1noc(C(C)(C)C)n1. The van der Waals surface area contributed by atoms with Gasteiger partial charge in [-0.25, -0.2) is 14.4 Å². The van der Waals surface area contributed by atoms with Gasteiger partial charge >= 0.3 is 0 Å². The van der Waals surface area contributed by atoms with E-state index in [9.17, 15) is 9.18 Å². The minimum atomic E-state index is -0.559. The Morgan fingerprint density at radius 1 is 1.29 bits per heavy atom. The molecule has 3 aromatic rings. The van der Waals surface area contributed by atoms with Gasteiger partial charge in [0, 0.05) is 17.5 Å². The van der Waals surface area contributed by atoms with Crippen LogP contribution in [-0.2, 0) is 12.0 Å². The molecule has 1 N–H and O–H groups in total. The molecule has 0 aliphatic rings. The van der Waals surface area contributed by atoms with Gasteiger partial charge < -0.3 is 9.84 Å². The van der Waals surface area contributed by atoms with Crippen molar-refractivity contribution in [2.24, 2.45) is 0 Å². The van der Waals surface area contributed by atoms with Crippen LogP contribution < -0.4 is 5.32 Å². The van der Waals surface area contributed by atoms with Gasteiger partial charge in [0.15, 0.2) is 5.82 Å². The zero-order valence-electron chi connectivity index (χ0n) is 15.9. The van der Waals surface area contributed by atoms with Gasteiger partial charge in [-0.15, -0.1) is 0 Å². The first kappa shape index (κ1) is 19.9. The lowest BCUT2D eigenvalue weighted by atomic mass is 9.97. The lowest BCUT2D eigenvalue weighted by Gasteiger charge is -2.10. The van der Waals surface area contributed by atoms with E-state index >= 15 is 0 Å². The third-order valence-electron chi connectivity index (χ3n) is 4.04. The van der Waals surface area contributed by atoms with Crippen LogP contribution in [0.15, 0.2) is 28.9 Å². The van der Waals surface area contributed by atoms with Crippen molar-refractivity contribution in [2.45, 2.75) is 39.7 Å². The average Bonchev–Trinajstić information content (AvgIpc) is 3.13. The molecule has 0 saturated carbocycles. The maximum Gasteiger partial charge on any atom is 0.292 e. The molecule has 0 fully saturated rings. The number of carbonyl (C=O) groups is 1. The van der Waals surface area contributed by atoms with Crippen LogP contribution in [0.1, 0.15) is 48.4 Å². The zero-order chi connectivity index (χ0) is 20.5. The van der Waals surface area contributed by atoms with Gasteiger partial charge in [0.25, 0.3) is 11.7 Å². The molecule has 2 heterocycles. The van der Waals surface area contributed by atoms with Crippen LogP contribution in [0.2, 0.25) is 5.28 Å². The highest BCUT2D eigenvalue weighted by molar-refractivity contribution is 6.28. The predicted octanol–water partition coefficient (Wildman–Crippen LogP) is 3.86. The van der Waals surface area contributed by atoms with E-state index in [1.807, 2.05) is 27.7 Å². The molecule has 7 nitrogen and oxygen atoms in total. The van der Waals surface area contributed by atoms with E-state index in [2.05, 4.69) is 25.4 Å². The second-order valence-corrected chi connectivity index (χ2v) is 7.67. The minimum Gasteiger partial charge on any atom is -0.345 e. The summed E-state index contributed by atoms with van der Waals surface area (Å²) in [7, 11) is 0. The van der Waals surface area contributed by atoms with E-state index in [0.717, 1.165) is 17.3 Å². The average molecular weight is 404 g/mol. The number of hydrogen-bond acceptors (Lipinski definition) is 6. The number of rotatable bonds is 4. The maximum absolute atomic E-state index is 14.0. The first-order valence-electron chi connectivity index (χ1n) is 8.55. The van der Waals surface area contributed by atoms with Gasteiger partial charge in [0.1, 0.15) is 5.69 Å². The summed E-state index contributed by atoms with van der Waals surface area (Å²) in [5.41, 5.74) is 2.08. The third-order valence-corrected chi connectivity index (χ3v) is 4.22. The second-order valence-electron chi connectivity index (χ2n) is 7.33. The Labute approximate surface area is 166 Å². The van der Waals surface area contributed by atoms with Crippen LogP contribution in [0, 0.1) is 12.7 Å². The molecule has 1 amide bonds. The molecule has 0 spiro atoms. The normalized spacial score (nSPS) is 11.5. The summed E-state index contributed by atoms with van der Waals surface area (Å²) < 4.78 is 19.1. The largest absolute Gasteiger partial charge is 0.345 e. The first-order valence-corrected chi connectivity index (χ1v) is 8.93. The highest BCUT2D eigenvalue weighted by Gasteiger charge is 2.24. The van der Waals surface area contributed by atoms with Gasteiger partial charge in [-0.05, 0) is 35.7 Å². The fourth-order valence-corrected chi connectivity index (χ4v) is 2.60. The highest BCUT2D eigenvalue weighted by atomic mass is 35.5. The van der Waals surface area contributed by atoms with Crippen LogP contribution in [0.25, 0.3) is 11.3 Å². The number of nitrogens with one attached hydrogen (secondary N) is 1. The summed E-state index contributed by atoms with van der Waals surface area (Å²) in [6.45, 7) is 7.87. The molecule has 0 aliphatic heterocycles. The molecular formula is C19H19ClFN5O2. The minimum absolute atomic E-state index is 0.0168. The van der Waals surface area contributed by atoms with Crippen molar-refractivity contribution in [1.29, 1.82) is 0 Å². The molecule has 0 bridgehead atoms. The fraction of sp³-hybridized carbons (Fsp3) is 0.316. The van der Waals surface area contributed by atoms with E-state index in [0.29, 0.717) is 11.5 Å². The van der Waals surface area contributed by atoms with Crippen LogP contribution in [0.4, 0.5) is 4.39 Å². The van der Waals surface area contributed by atoms with Gasteiger partial charge in [0.2, 0.25) is 11.2 Å². The molecule has 2 aromatic heterocycles. The number of hydrogen-bond donors (Lipinski definition) is 1. The summed E-state index contributed by atoms with van der Waals surface area (Å²) in [5, 5.41) is 6.45. The Morgan fingerprint density at radius 3 is 2.68 bits per heavy atom. The van der Waals surface area contributed by atoms with E-state index in [1.165, 1.54) is 0 Å². The summed E-state index contributed by atoms with van der Waals surface area (Å²) in [5.74, 6) is -0.617. The number of carbonyl (C=O) groups excluding carboxylic acids is 1. The molecular weight excluding hydrogens is 385 g/mol. The summed E-state index contributed by atoms with van der Waals surface area (Å²) in [6.07, 6.45) is 1.03. The van der Waals surface area contributed by atoms with Gasteiger partial charge in [-0.3, -0.25) is 4.79 Å². The van der Waals surface area contributed by atoms with Crippen LogP contribution in [0.5, 0.6) is 0 Å². The summed E-state index contributed by atoms with van der Waals surface area (Å²) >= 11 is 5.75. The highest BCUT2D eigenvalue weighted by Crippen LogP contribution is 2.24. The number of aryl methyl sites for hydroxylation is 1. The molecule has 9 heteroatoms. The standard InChI is InChI=1S/C19H19ClFN5O2/c1-10-7-11(14-13(21)9-23-18(20)24-14)5-6-12(10)8-22-16(27)15-25-17(28-26-15)19(2,3)4/h5-7,9H,8H2,1-4H3,(H,22,27). The van der Waals surface area contributed by atoms with Crippen molar-refractivity contribution in [3.05, 3.63) is 58.3 Å². The van der Waals surface area contributed by atoms with E-state index in [4.69, 9.17) is 16.1 Å². The quantitative estimate of drug-likeness (QED) is 0.665. The number of halogens is 2. The van der Waals surface area contributed by atoms with Crippen LogP contribution in [0.3, 0.4) is 0 Å². The van der Waals surface area contributed by atoms with Crippen molar-refractivity contribution in [3.8, 4) is 11.3 Å². The molecule has 0 aliphatic carbocycles. The molecule has 1 aromatic carbocycles. The molecule has 28 heavy (non-hydrogen) atoms. The molecule has 0 unspecified atom stereocenters. The van der Waals surface area contributed by atoms with Crippen molar-refractivity contribution in [2.75, 3.05) is 0 Å². The first-order chi connectivity index (χ1) is 13.1. The Morgan fingerprint density at radius 2 is 2.04 bits per heavy atom. The van der Waals surface area contributed by atoms with Gasteiger partial charge in [0.05, 0.1) is 6.20 Å². The Hall–Kier alpha value is -2.87. The second kappa shape index (κ2) is 7.63. The number of benzene rings is 1. The Bertz CT molecular complexity index is 1030. The molecule has 0 atom stereocenters. The van der Waals surface area contributed by atoms with Crippen molar-refractivity contribution in [1.82, 2.24) is 25.4 Å². The monoisotopic (exact) mass is 403 g/mol. The number of amides is 1. The van der Waals surface area contributed by atoms with Crippen molar-refractivity contribution < 1.29 is 13.7 Å². The molecule has 146 valence electrons. The molecule has 3 rings (SSSR count). The third kappa shape index (κ3) is 4.33. The number of aromatic nitrogens is 4. The maximum atomic E-state index is 14.0. The van der Waals surface area contributed by atoms with E-state index in [-0.39, 0.29) is 28.8 Å². The van der Waals surface area contributed by atoms with Gasteiger partial charge in [-0.2, -0.15) is 4.98 Å². The fourth-order valence-electron chi connectivity index (χ4n) is 2.46. The Kier molecular flexibility index (Phi) is 5.42. The van der Waals surface area contributed by atoms with Crippen molar-refractivity contribution in [3.63, 3.8) is 0 Å². The van der Waals surface area contributed by atoms with E-state index in [1.54, 1.807) is 18.2 Å². The lowest BCUT2D eigenvalue weighted by Crippen LogP contribution is -2.24. The van der Waals surface area contributed by atoms with E-state index < -0.39 is 11.7 Å². The predicted molar refractivity (Wildman–Crippen MR) is 101 cm³/mol. The van der Waals surface area contributed by atoms with Crippen LogP contribution >= 0.6 is 11.6 Å². The zero-order valence-corrected chi connectivity index (χ0v) is 16.6. The summed E-state index contributed by atoms with van der Waals surface area (Å²) in [6, 6.07) is 5.27. The van der Waals surface area contributed by atoms with Gasteiger partial charge in [-0.1, -0.05) is 38.1 Å². The lowest BCUT2D eigenvalue weighted by molar-refractivity contribution is 0.0937. The Balaban J connectivity index is 1.72. The topological polar surface area (TPSA) is 93.8 Å². The van der Waals surface area contributed by atoms with Crippen molar-refractivity contribution >= 4 is 17.5 Å². The van der Waals surface area contributed by atoms with Crippen LogP contribution in [-0.4, -0.2) is 26.0 Å². The number of nitrogens with zero attached hydrogens (tertiary/aromatic N) is 4. The summed E-state index contributed by atoms with van der Waals surface area (Å²) in [4.78, 5) is 23.9.